The van der Waals surface area contributed by atoms with Crippen LogP contribution in [0.3, 0.4) is 0 Å². The lowest BCUT2D eigenvalue weighted by Gasteiger charge is -2.02. The molecule has 0 heterocycles. The van der Waals surface area contributed by atoms with Crippen LogP contribution in [0.5, 0.6) is 0 Å². The summed E-state index contributed by atoms with van der Waals surface area (Å²) in [6.07, 6.45) is 0. The number of nitrogens with one attached hydrogen (secondary N) is 2. The van der Waals surface area contributed by atoms with E-state index in [2.05, 4.69) is 10.6 Å². The van der Waals surface area contributed by atoms with Crippen LogP contribution in [0.2, 0.25) is 0 Å². The zero-order valence-corrected chi connectivity index (χ0v) is 6.46. The highest BCUT2D eigenvalue weighted by atomic mass is 35.5. The van der Waals surface area contributed by atoms with Crippen molar-refractivity contribution in [3.8, 4) is 0 Å². The van der Waals surface area contributed by atoms with E-state index in [1.807, 2.05) is 0 Å². The molecule has 9 heavy (non-hydrogen) atoms. The van der Waals surface area contributed by atoms with Crippen LogP contribution >= 0.6 is 23.2 Å². The van der Waals surface area contributed by atoms with Crippen LogP contribution in [-0.4, -0.2) is 24.5 Å². The van der Waals surface area contributed by atoms with E-state index in [4.69, 9.17) is 23.2 Å². The van der Waals surface area contributed by atoms with Gasteiger partial charge in [0.25, 0.3) is 0 Å². The molecule has 0 spiro atoms. The standard InChI is InChI=1S/C4H8Cl2N2O/c1-7-4(9)8-2-3(5)6/h3H,2H2,1H3,(H2,7,8,9). The second-order valence-corrected chi connectivity index (χ2v) is 2.63. The highest BCUT2D eigenvalue weighted by Gasteiger charge is 1.99. The molecule has 0 radical (unpaired) electrons. The number of halogens is 2. The Morgan fingerprint density at radius 1 is 1.67 bits per heavy atom. The fourth-order valence-corrected chi connectivity index (χ4v) is 0.413. The first-order chi connectivity index (χ1) is 4.16. The summed E-state index contributed by atoms with van der Waals surface area (Å²) < 4.78 is 0. The van der Waals surface area contributed by atoms with Crippen LogP contribution in [0.25, 0.3) is 0 Å². The first-order valence-electron chi connectivity index (χ1n) is 2.40. The molecule has 0 aromatic rings. The molecule has 0 saturated carbocycles. The summed E-state index contributed by atoms with van der Waals surface area (Å²) in [6.45, 7) is 0.267. The molecule has 2 amide bonds. The number of urea groups is 1. The molecule has 0 saturated heterocycles. The third kappa shape index (κ3) is 5.73. The first kappa shape index (κ1) is 8.85. The highest BCUT2D eigenvalue weighted by molar-refractivity contribution is 6.44. The van der Waals surface area contributed by atoms with E-state index in [-0.39, 0.29) is 12.6 Å². The van der Waals surface area contributed by atoms with Gasteiger partial charge in [-0.05, 0) is 0 Å². The topological polar surface area (TPSA) is 41.1 Å². The van der Waals surface area contributed by atoms with Crippen molar-refractivity contribution in [3.63, 3.8) is 0 Å². The van der Waals surface area contributed by atoms with Crippen LogP contribution in [0.15, 0.2) is 0 Å². The van der Waals surface area contributed by atoms with E-state index < -0.39 is 4.84 Å². The molecule has 0 rings (SSSR count). The first-order valence-corrected chi connectivity index (χ1v) is 3.28. The average molecular weight is 171 g/mol. The smallest absolute Gasteiger partial charge is 0.314 e. The van der Waals surface area contributed by atoms with Gasteiger partial charge in [0, 0.05) is 13.6 Å². The molecule has 0 aliphatic rings. The van der Waals surface area contributed by atoms with Gasteiger partial charge in [0.05, 0.1) is 0 Å². The normalized spacial score (nSPS) is 9.33. The number of carbonyl (C=O) groups is 1. The summed E-state index contributed by atoms with van der Waals surface area (Å²) in [5, 5.41) is 4.77. The fourth-order valence-electron chi connectivity index (χ4n) is 0.258. The number of amides is 2. The summed E-state index contributed by atoms with van der Waals surface area (Å²) in [4.78, 5) is 9.84. The maximum atomic E-state index is 10.4. The van der Waals surface area contributed by atoms with Gasteiger partial charge in [-0.1, -0.05) is 0 Å². The third-order valence-electron chi connectivity index (χ3n) is 0.644. The maximum Gasteiger partial charge on any atom is 0.314 e. The van der Waals surface area contributed by atoms with E-state index in [0.29, 0.717) is 0 Å². The maximum absolute atomic E-state index is 10.4. The molecule has 3 nitrogen and oxygen atoms in total. The largest absolute Gasteiger partial charge is 0.341 e. The van der Waals surface area contributed by atoms with Crippen molar-refractivity contribution in [1.82, 2.24) is 10.6 Å². The molecule has 0 aliphatic heterocycles. The molecular formula is C4H8Cl2N2O. The monoisotopic (exact) mass is 170 g/mol. The van der Waals surface area contributed by atoms with Crippen LogP contribution in [-0.2, 0) is 0 Å². The van der Waals surface area contributed by atoms with E-state index in [0.717, 1.165) is 0 Å². The minimum atomic E-state index is -0.540. The number of rotatable bonds is 2. The molecular weight excluding hydrogens is 163 g/mol. The Hall–Kier alpha value is -0.150. The predicted molar refractivity (Wildman–Crippen MR) is 38.0 cm³/mol. The van der Waals surface area contributed by atoms with Crippen LogP contribution in [0.1, 0.15) is 0 Å². The second-order valence-electron chi connectivity index (χ2n) is 1.35. The lowest BCUT2D eigenvalue weighted by Crippen LogP contribution is -2.35. The van der Waals surface area contributed by atoms with Crippen LogP contribution < -0.4 is 10.6 Å². The third-order valence-corrected chi connectivity index (χ3v) is 0.953. The van der Waals surface area contributed by atoms with Gasteiger partial charge in [-0.3, -0.25) is 0 Å². The molecule has 0 aliphatic carbocycles. The second kappa shape index (κ2) is 4.70. The van der Waals surface area contributed by atoms with Crippen molar-refractivity contribution < 1.29 is 4.79 Å². The minimum Gasteiger partial charge on any atom is -0.341 e. The molecule has 0 atom stereocenters. The Balaban J connectivity index is 3.17. The summed E-state index contributed by atoms with van der Waals surface area (Å²) in [5.74, 6) is 0. The Bertz CT molecular complexity index is 96.6. The highest BCUT2D eigenvalue weighted by Crippen LogP contribution is 1.97. The van der Waals surface area contributed by atoms with Gasteiger partial charge in [0.2, 0.25) is 0 Å². The number of alkyl halides is 2. The Morgan fingerprint density at radius 3 is 2.56 bits per heavy atom. The fraction of sp³-hybridized carbons (Fsp3) is 0.750. The van der Waals surface area contributed by atoms with Gasteiger partial charge in [-0.15, -0.1) is 23.2 Å². The van der Waals surface area contributed by atoms with Gasteiger partial charge < -0.3 is 10.6 Å². The summed E-state index contributed by atoms with van der Waals surface area (Å²) in [5.41, 5.74) is 0. The number of hydrogen-bond donors (Lipinski definition) is 2. The molecule has 54 valence electrons. The molecule has 5 heteroatoms. The van der Waals surface area contributed by atoms with Gasteiger partial charge in [0.15, 0.2) is 0 Å². The van der Waals surface area contributed by atoms with Crippen molar-refractivity contribution in [3.05, 3.63) is 0 Å². The Morgan fingerprint density at radius 2 is 2.22 bits per heavy atom. The van der Waals surface area contributed by atoms with Crippen molar-refractivity contribution in [2.75, 3.05) is 13.6 Å². The zero-order chi connectivity index (χ0) is 7.28. The molecule has 0 fully saturated rings. The molecule has 0 aromatic heterocycles. The quantitative estimate of drug-likeness (QED) is 0.590. The SMILES string of the molecule is CNC(=O)NCC(Cl)Cl. The van der Waals surface area contributed by atoms with E-state index in [1.165, 1.54) is 7.05 Å². The van der Waals surface area contributed by atoms with Gasteiger partial charge in [0.1, 0.15) is 4.84 Å². The van der Waals surface area contributed by atoms with Gasteiger partial charge >= 0.3 is 6.03 Å². The number of carbonyl (C=O) groups excluding carboxylic acids is 1. The van der Waals surface area contributed by atoms with Crippen molar-refractivity contribution in [2.45, 2.75) is 4.84 Å². The minimum absolute atomic E-state index is 0.267. The summed E-state index contributed by atoms with van der Waals surface area (Å²) in [6, 6.07) is -0.277. The summed E-state index contributed by atoms with van der Waals surface area (Å²) in [7, 11) is 1.52. The molecule has 0 aromatic carbocycles. The lowest BCUT2D eigenvalue weighted by molar-refractivity contribution is 0.243. The number of hydrogen-bond acceptors (Lipinski definition) is 1. The lowest BCUT2D eigenvalue weighted by atomic mass is 10.7. The molecule has 2 N–H and O–H groups in total. The zero-order valence-electron chi connectivity index (χ0n) is 4.95. The van der Waals surface area contributed by atoms with E-state index in [1.54, 1.807) is 0 Å². The molecule has 0 unspecified atom stereocenters. The van der Waals surface area contributed by atoms with Gasteiger partial charge in [-0.2, -0.15) is 0 Å². The van der Waals surface area contributed by atoms with E-state index >= 15 is 0 Å². The van der Waals surface area contributed by atoms with Crippen LogP contribution in [0.4, 0.5) is 4.79 Å². The average Bonchev–Trinajstić information content (AvgIpc) is 1.83. The van der Waals surface area contributed by atoms with Crippen molar-refractivity contribution in [2.24, 2.45) is 0 Å². The Kier molecular flexibility index (Phi) is 4.62. The Labute approximate surface area is 63.7 Å². The van der Waals surface area contributed by atoms with Crippen molar-refractivity contribution >= 4 is 29.2 Å². The van der Waals surface area contributed by atoms with Crippen molar-refractivity contribution in [1.29, 1.82) is 0 Å². The van der Waals surface area contributed by atoms with Gasteiger partial charge in [-0.25, -0.2) is 4.79 Å². The molecule has 0 bridgehead atoms. The summed E-state index contributed by atoms with van der Waals surface area (Å²) >= 11 is 10.6. The van der Waals surface area contributed by atoms with E-state index in [9.17, 15) is 4.79 Å². The predicted octanol–water partition coefficient (Wildman–Crippen LogP) is 0.719. The van der Waals surface area contributed by atoms with Crippen LogP contribution in [0, 0.1) is 0 Å².